The Labute approximate surface area is 136 Å². The van der Waals surface area contributed by atoms with E-state index < -0.39 is 5.97 Å². The minimum absolute atomic E-state index is 0.282. The number of carboxylic acids is 1. The summed E-state index contributed by atoms with van der Waals surface area (Å²) in [4.78, 5) is 10.3. The molecule has 0 aromatic rings. The first-order chi connectivity index (χ1) is 10.7. The summed E-state index contributed by atoms with van der Waals surface area (Å²) in [5.74, 6) is -0.703. The molecule has 22 heavy (non-hydrogen) atoms. The normalized spacial score (nSPS) is 12.8. The zero-order chi connectivity index (χ0) is 16.5. The number of aliphatic carboxylic acids is 1. The Morgan fingerprint density at radius 1 is 0.909 bits per heavy atom. The largest absolute Gasteiger partial charge is 0.481 e. The molecule has 0 saturated carbocycles. The van der Waals surface area contributed by atoms with Crippen molar-refractivity contribution in [3.8, 4) is 0 Å². The van der Waals surface area contributed by atoms with E-state index >= 15 is 0 Å². The lowest BCUT2D eigenvalue weighted by molar-refractivity contribution is -0.137. The molecule has 0 aliphatic carbocycles. The van der Waals surface area contributed by atoms with Gasteiger partial charge >= 0.3 is 5.97 Å². The van der Waals surface area contributed by atoms with Gasteiger partial charge in [-0.2, -0.15) is 0 Å². The average Bonchev–Trinajstić information content (AvgIpc) is 2.48. The third-order valence-electron chi connectivity index (χ3n) is 3.97. The van der Waals surface area contributed by atoms with Gasteiger partial charge in [0.15, 0.2) is 0 Å². The van der Waals surface area contributed by atoms with Crippen LogP contribution in [0.15, 0.2) is 12.2 Å². The van der Waals surface area contributed by atoms with Crippen LogP contribution in [0.4, 0.5) is 0 Å². The first-order valence-corrected chi connectivity index (χ1v) is 9.23. The molecule has 3 nitrogen and oxygen atoms in total. The van der Waals surface area contributed by atoms with Gasteiger partial charge in [-0.3, -0.25) is 4.79 Å². The molecular formula is C19H36O3. The minimum Gasteiger partial charge on any atom is -0.481 e. The Kier molecular flexibility index (Phi) is 15.9. The molecule has 0 saturated heterocycles. The van der Waals surface area contributed by atoms with E-state index in [-0.39, 0.29) is 12.5 Å². The lowest BCUT2D eigenvalue weighted by Crippen LogP contribution is -2.01. The lowest BCUT2D eigenvalue weighted by Gasteiger charge is -2.05. The Balaban J connectivity index is 3.29. The third-order valence-corrected chi connectivity index (χ3v) is 3.97. The quantitative estimate of drug-likeness (QED) is 0.293. The summed E-state index contributed by atoms with van der Waals surface area (Å²) in [6.45, 7) is 2.24. The maximum absolute atomic E-state index is 10.3. The van der Waals surface area contributed by atoms with Crippen LogP contribution in [0.25, 0.3) is 0 Å². The molecule has 0 radical (unpaired) electrons. The molecule has 0 aliphatic heterocycles. The Morgan fingerprint density at radius 3 is 2.18 bits per heavy atom. The second-order valence-electron chi connectivity index (χ2n) is 6.25. The van der Waals surface area contributed by atoms with Crippen LogP contribution in [0.2, 0.25) is 0 Å². The van der Waals surface area contributed by atoms with Crippen LogP contribution in [-0.4, -0.2) is 22.3 Å². The Morgan fingerprint density at radius 2 is 1.50 bits per heavy atom. The summed E-state index contributed by atoms with van der Waals surface area (Å²) in [5.41, 5.74) is 0. The van der Waals surface area contributed by atoms with Gasteiger partial charge in [0, 0.05) is 6.42 Å². The van der Waals surface area contributed by atoms with E-state index in [9.17, 15) is 9.90 Å². The monoisotopic (exact) mass is 312 g/mol. The molecule has 0 aliphatic rings. The van der Waals surface area contributed by atoms with Crippen LogP contribution < -0.4 is 0 Å². The van der Waals surface area contributed by atoms with Crippen LogP contribution in [-0.2, 0) is 4.79 Å². The van der Waals surface area contributed by atoms with Crippen molar-refractivity contribution < 1.29 is 15.0 Å². The number of rotatable bonds is 16. The summed E-state index contributed by atoms with van der Waals surface area (Å²) >= 11 is 0. The predicted octanol–water partition coefficient (Wildman–Crippen LogP) is 5.47. The Hall–Kier alpha value is -0.830. The number of carbonyl (C=O) groups is 1. The molecule has 0 amide bonds. The van der Waals surface area contributed by atoms with Crippen LogP contribution in [0.5, 0.6) is 0 Å². The maximum Gasteiger partial charge on any atom is 0.303 e. The van der Waals surface area contributed by atoms with E-state index in [0.717, 1.165) is 44.9 Å². The van der Waals surface area contributed by atoms with Crippen LogP contribution in [0, 0.1) is 0 Å². The molecule has 0 aromatic carbocycles. The molecule has 1 atom stereocenters. The standard InChI is InChI=1S/C19H36O3/c1-2-3-4-5-6-7-9-12-15-18(20)16-13-10-8-11-14-17-19(21)22/h12,15,18,20H,2-11,13-14,16-17H2,1H3,(H,21,22)/b15-12+. The van der Waals surface area contributed by atoms with Crippen LogP contribution >= 0.6 is 0 Å². The molecule has 2 N–H and O–H groups in total. The van der Waals surface area contributed by atoms with Gasteiger partial charge in [-0.25, -0.2) is 0 Å². The summed E-state index contributed by atoms with van der Waals surface area (Å²) in [6.07, 6.45) is 18.8. The number of carboxylic acid groups (broad SMARTS) is 1. The van der Waals surface area contributed by atoms with E-state index in [1.165, 1.54) is 38.5 Å². The zero-order valence-corrected chi connectivity index (χ0v) is 14.4. The lowest BCUT2D eigenvalue weighted by atomic mass is 10.1. The smallest absolute Gasteiger partial charge is 0.303 e. The van der Waals surface area contributed by atoms with E-state index in [0.29, 0.717) is 0 Å². The van der Waals surface area contributed by atoms with Gasteiger partial charge in [-0.05, 0) is 25.7 Å². The molecule has 0 aromatic heterocycles. The van der Waals surface area contributed by atoms with Gasteiger partial charge < -0.3 is 10.2 Å². The van der Waals surface area contributed by atoms with Gasteiger partial charge in [0.25, 0.3) is 0 Å². The third kappa shape index (κ3) is 17.2. The number of aliphatic hydroxyl groups is 1. The SMILES string of the molecule is CCCCCCCC/C=C/C(O)CCCCCCCC(=O)O. The number of allylic oxidation sites excluding steroid dienone is 1. The number of unbranched alkanes of at least 4 members (excludes halogenated alkanes) is 10. The summed E-state index contributed by atoms with van der Waals surface area (Å²) in [5, 5.41) is 18.4. The molecule has 130 valence electrons. The summed E-state index contributed by atoms with van der Waals surface area (Å²) in [7, 11) is 0. The van der Waals surface area contributed by atoms with E-state index in [1.54, 1.807) is 0 Å². The highest BCUT2D eigenvalue weighted by atomic mass is 16.4. The Bertz CT molecular complexity index is 274. The zero-order valence-electron chi connectivity index (χ0n) is 14.4. The van der Waals surface area contributed by atoms with Crippen molar-refractivity contribution >= 4 is 5.97 Å². The molecule has 0 spiro atoms. The van der Waals surface area contributed by atoms with E-state index in [2.05, 4.69) is 13.0 Å². The molecule has 0 rings (SSSR count). The highest BCUT2D eigenvalue weighted by Gasteiger charge is 2.00. The molecule has 0 heterocycles. The van der Waals surface area contributed by atoms with Crippen molar-refractivity contribution in [1.82, 2.24) is 0 Å². The van der Waals surface area contributed by atoms with Crippen LogP contribution in [0.3, 0.4) is 0 Å². The number of hydrogen-bond donors (Lipinski definition) is 2. The molecule has 0 fully saturated rings. The molecule has 3 heteroatoms. The average molecular weight is 312 g/mol. The van der Waals surface area contributed by atoms with Gasteiger partial charge in [0.2, 0.25) is 0 Å². The highest BCUT2D eigenvalue weighted by Crippen LogP contribution is 2.11. The predicted molar refractivity (Wildman–Crippen MR) is 93.1 cm³/mol. The van der Waals surface area contributed by atoms with Crippen molar-refractivity contribution in [2.75, 3.05) is 0 Å². The van der Waals surface area contributed by atoms with E-state index in [1.807, 2.05) is 6.08 Å². The second kappa shape index (κ2) is 16.5. The highest BCUT2D eigenvalue weighted by molar-refractivity contribution is 5.66. The van der Waals surface area contributed by atoms with Gasteiger partial charge in [0.05, 0.1) is 6.10 Å². The molecular weight excluding hydrogens is 276 g/mol. The van der Waals surface area contributed by atoms with Gasteiger partial charge in [0.1, 0.15) is 0 Å². The fraction of sp³-hybridized carbons (Fsp3) is 0.842. The van der Waals surface area contributed by atoms with Crippen molar-refractivity contribution in [2.45, 2.75) is 103 Å². The number of hydrogen-bond acceptors (Lipinski definition) is 2. The van der Waals surface area contributed by atoms with Crippen molar-refractivity contribution in [3.63, 3.8) is 0 Å². The molecule has 0 bridgehead atoms. The van der Waals surface area contributed by atoms with Crippen LogP contribution in [0.1, 0.15) is 96.8 Å². The number of aliphatic hydroxyl groups excluding tert-OH is 1. The van der Waals surface area contributed by atoms with Crippen molar-refractivity contribution in [1.29, 1.82) is 0 Å². The van der Waals surface area contributed by atoms with Crippen molar-refractivity contribution in [2.24, 2.45) is 0 Å². The summed E-state index contributed by atoms with van der Waals surface area (Å²) < 4.78 is 0. The maximum atomic E-state index is 10.3. The molecule has 1 unspecified atom stereocenters. The second-order valence-corrected chi connectivity index (χ2v) is 6.25. The summed E-state index contributed by atoms with van der Waals surface area (Å²) in [6, 6.07) is 0. The first-order valence-electron chi connectivity index (χ1n) is 9.23. The fourth-order valence-electron chi connectivity index (χ4n) is 2.55. The topological polar surface area (TPSA) is 57.5 Å². The van der Waals surface area contributed by atoms with Crippen molar-refractivity contribution in [3.05, 3.63) is 12.2 Å². The fourth-order valence-corrected chi connectivity index (χ4v) is 2.55. The minimum atomic E-state index is -0.703. The van der Waals surface area contributed by atoms with Gasteiger partial charge in [-0.1, -0.05) is 76.9 Å². The van der Waals surface area contributed by atoms with Gasteiger partial charge in [-0.15, -0.1) is 0 Å². The first kappa shape index (κ1) is 21.2. The van der Waals surface area contributed by atoms with E-state index in [4.69, 9.17) is 5.11 Å².